The Morgan fingerprint density at radius 2 is 1.96 bits per heavy atom. The summed E-state index contributed by atoms with van der Waals surface area (Å²) in [5.41, 5.74) is 1.39. The second kappa shape index (κ2) is 7.89. The van der Waals surface area contributed by atoms with Crippen molar-refractivity contribution in [1.29, 1.82) is 0 Å². The molecule has 0 bridgehead atoms. The molecule has 0 spiro atoms. The number of pyridine rings is 1. The lowest BCUT2D eigenvalue weighted by Gasteiger charge is -2.25. The average Bonchev–Trinajstić information content (AvgIpc) is 2.67. The lowest BCUT2D eigenvalue weighted by Crippen LogP contribution is -2.29. The van der Waals surface area contributed by atoms with Crippen LogP contribution in [0.1, 0.15) is 28.2 Å². The Morgan fingerprint density at radius 3 is 2.57 bits per heavy atom. The number of non-ortho nitro benzene ring substituents is 1. The molecule has 1 N–H and O–H groups in total. The van der Waals surface area contributed by atoms with Gasteiger partial charge in [0.2, 0.25) is 5.30 Å². The minimum atomic E-state index is -3.53. The number of ether oxygens (including phenoxy) is 1. The maximum absolute atomic E-state index is 12.6. The second-order valence-electron chi connectivity index (χ2n) is 6.22. The number of aromatic nitrogens is 1. The number of carbonyl (C=O) groups excluding carboxylic acids is 1. The number of nitrogens with zero attached hydrogens (tertiary/aromatic N) is 2. The van der Waals surface area contributed by atoms with Crippen LogP contribution in [0.5, 0.6) is 0 Å². The lowest BCUT2D eigenvalue weighted by atomic mass is 9.97. The van der Waals surface area contributed by atoms with Crippen LogP contribution in [0.25, 0.3) is 11.1 Å². The Balaban J connectivity index is 2.38. The first kappa shape index (κ1) is 20.3. The highest BCUT2D eigenvalue weighted by Crippen LogP contribution is 2.60. The highest BCUT2D eigenvalue weighted by atomic mass is 31.2. The van der Waals surface area contributed by atoms with Gasteiger partial charge in [-0.3, -0.25) is 15.1 Å². The van der Waals surface area contributed by atoms with Crippen LogP contribution in [0.3, 0.4) is 0 Å². The number of methoxy groups -OCH3 is 1. The molecule has 0 aliphatic carbocycles. The van der Waals surface area contributed by atoms with E-state index in [9.17, 15) is 19.8 Å². The molecule has 2 heterocycles. The van der Waals surface area contributed by atoms with Crippen molar-refractivity contribution in [3.8, 4) is 11.1 Å². The van der Waals surface area contributed by atoms with E-state index in [4.69, 9.17) is 13.8 Å². The molecule has 1 aromatic heterocycles. The van der Waals surface area contributed by atoms with Gasteiger partial charge in [-0.05, 0) is 19.4 Å². The van der Waals surface area contributed by atoms with Crippen LogP contribution < -0.4 is 5.30 Å². The molecule has 0 amide bonds. The van der Waals surface area contributed by atoms with Gasteiger partial charge in [0.15, 0.2) is 0 Å². The SMILES string of the molecule is COC(=O)c1c(C)nc(C)c([P+]2(O)OCCCO2)c1-c1cccc([N+](=O)[O-])c1. The van der Waals surface area contributed by atoms with E-state index in [1.165, 1.54) is 25.3 Å². The molecule has 3 rings (SSSR count). The molecule has 1 aliphatic heterocycles. The van der Waals surface area contributed by atoms with Crippen LogP contribution in [0.2, 0.25) is 0 Å². The zero-order valence-electron chi connectivity index (χ0n) is 15.7. The zero-order valence-corrected chi connectivity index (χ0v) is 16.6. The topological polar surface area (TPSA) is 121 Å². The second-order valence-corrected chi connectivity index (χ2v) is 8.23. The van der Waals surface area contributed by atoms with Gasteiger partial charge in [-0.25, -0.2) is 4.79 Å². The van der Waals surface area contributed by atoms with Crippen molar-refractivity contribution in [3.05, 3.63) is 51.3 Å². The average molecular weight is 407 g/mol. The largest absolute Gasteiger partial charge is 0.465 e. The summed E-state index contributed by atoms with van der Waals surface area (Å²) in [6.45, 7) is 3.89. The molecule has 0 unspecified atom stereocenters. The maximum Gasteiger partial charge on any atom is 0.448 e. The molecular weight excluding hydrogens is 387 g/mol. The van der Waals surface area contributed by atoms with Crippen molar-refractivity contribution in [3.63, 3.8) is 0 Å². The summed E-state index contributed by atoms with van der Waals surface area (Å²) in [6.07, 6.45) is 0.622. The first-order valence-corrected chi connectivity index (χ1v) is 10.1. The van der Waals surface area contributed by atoms with E-state index in [0.29, 0.717) is 36.6 Å². The van der Waals surface area contributed by atoms with Gasteiger partial charge in [0.05, 0.1) is 34.5 Å². The summed E-state index contributed by atoms with van der Waals surface area (Å²) < 4.78 is 16.1. The molecule has 1 aromatic carbocycles. The Kier molecular flexibility index (Phi) is 5.71. The van der Waals surface area contributed by atoms with Gasteiger partial charge in [0.25, 0.3) is 5.69 Å². The van der Waals surface area contributed by atoms with Gasteiger partial charge < -0.3 is 4.74 Å². The molecule has 1 saturated heterocycles. The van der Waals surface area contributed by atoms with E-state index in [1.807, 2.05) is 0 Å². The van der Waals surface area contributed by atoms with Crippen LogP contribution in [-0.2, 0) is 13.8 Å². The number of carbonyl (C=O) groups is 1. The molecule has 0 radical (unpaired) electrons. The minimum Gasteiger partial charge on any atom is -0.465 e. The first-order chi connectivity index (χ1) is 13.3. The zero-order chi connectivity index (χ0) is 20.5. The fraction of sp³-hybridized carbons (Fsp3) is 0.333. The molecule has 1 aliphatic rings. The molecular formula is C18H20N2O7P+. The Labute approximate surface area is 162 Å². The quantitative estimate of drug-likeness (QED) is 0.355. The molecule has 28 heavy (non-hydrogen) atoms. The smallest absolute Gasteiger partial charge is 0.448 e. The third-order valence-corrected chi connectivity index (χ3v) is 6.54. The fourth-order valence-electron chi connectivity index (χ4n) is 3.20. The van der Waals surface area contributed by atoms with Crippen molar-refractivity contribution in [2.45, 2.75) is 20.3 Å². The van der Waals surface area contributed by atoms with Gasteiger partial charge >= 0.3 is 13.9 Å². The van der Waals surface area contributed by atoms with E-state index < -0.39 is 18.8 Å². The van der Waals surface area contributed by atoms with E-state index in [1.54, 1.807) is 19.9 Å². The molecule has 148 valence electrons. The highest BCUT2D eigenvalue weighted by Gasteiger charge is 2.51. The fourth-order valence-corrected chi connectivity index (χ4v) is 5.26. The molecule has 9 nitrogen and oxygen atoms in total. The number of benzene rings is 1. The summed E-state index contributed by atoms with van der Waals surface area (Å²) in [7, 11) is -2.30. The van der Waals surface area contributed by atoms with Crippen molar-refractivity contribution >= 4 is 24.9 Å². The molecule has 0 atom stereocenters. The predicted octanol–water partition coefficient (Wildman–Crippen LogP) is 2.88. The number of hydrogen-bond donors (Lipinski definition) is 1. The number of hydrogen-bond acceptors (Lipinski definition) is 8. The van der Waals surface area contributed by atoms with Crippen molar-refractivity contribution in [2.75, 3.05) is 20.3 Å². The maximum atomic E-state index is 12.6. The molecule has 10 heteroatoms. The lowest BCUT2D eigenvalue weighted by molar-refractivity contribution is -0.384. The molecule has 0 saturated carbocycles. The monoisotopic (exact) mass is 407 g/mol. The Hall–Kier alpha value is -2.45. The van der Waals surface area contributed by atoms with Crippen molar-refractivity contribution in [2.24, 2.45) is 0 Å². The number of nitro groups is 1. The summed E-state index contributed by atoms with van der Waals surface area (Å²) in [5.74, 6) is -0.670. The number of nitro benzene ring substituents is 1. The number of esters is 1. The van der Waals surface area contributed by atoms with E-state index in [2.05, 4.69) is 4.98 Å². The highest BCUT2D eigenvalue weighted by molar-refractivity contribution is 7.69. The summed E-state index contributed by atoms with van der Waals surface area (Å²) in [4.78, 5) is 38.8. The van der Waals surface area contributed by atoms with Gasteiger partial charge in [-0.15, -0.1) is 0 Å². The summed E-state index contributed by atoms with van der Waals surface area (Å²) >= 11 is 0. The molecule has 2 aromatic rings. The van der Waals surface area contributed by atoms with Crippen LogP contribution in [-0.4, -0.2) is 41.1 Å². The van der Waals surface area contributed by atoms with Crippen molar-refractivity contribution in [1.82, 2.24) is 4.98 Å². The standard InChI is InChI=1S/C18H20N2O7P/c1-11-15(18(21)25-3)16(13-6-4-7-14(10-13)20(22)23)17(12(2)19-11)28(24)26-8-5-9-27-28/h4,6-7,10,24H,5,8-9H2,1-3H3/q+1. The Bertz CT molecular complexity index is 942. The predicted molar refractivity (Wildman–Crippen MR) is 102 cm³/mol. The summed E-state index contributed by atoms with van der Waals surface area (Å²) in [6, 6.07) is 5.81. The van der Waals surface area contributed by atoms with E-state index in [0.717, 1.165) is 0 Å². The molecule has 1 fully saturated rings. The van der Waals surface area contributed by atoms with E-state index in [-0.39, 0.29) is 22.1 Å². The number of aryl methyl sites for hydroxylation is 2. The van der Waals surface area contributed by atoms with Gasteiger partial charge in [-0.2, -0.15) is 13.9 Å². The van der Waals surface area contributed by atoms with Gasteiger partial charge in [-0.1, -0.05) is 12.1 Å². The minimum absolute atomic E-state index is 0.106. The first-order valence-electron chi connectivity index (χ1n) is 8.54. The van der Waals surface area contributed by atoms with Crippen LogP contribution in [0.4, 0.5) is 5.69 Å². The third-order valence-electron chi connectivity index (χ3n) is 4.37. The van der Waals surface area contributed by atoms with E-state index >= 15 is 0 Å². The van der Waals surface area contributed by atoms with Crippen LogP contribution in [0, 0.1) is 24.0 Å². The van der Waals surface area contributed by atoms with Gasteiger partial charge in [0, 0.05) is 18.6 Å². The van der Waals surface area contributed by atoms with Crippen LogP contribution in [0.15, 0.2) is 24.3 Å². The Morgan fingerprint density at radius 1 is 1.29 bits per heavy atom. The van der Waals surface area contributed by atoms with Crippen molar-refractivity contribution < 1.29 is 28.4 Å². The third kappa shape index (κ3) is 3.62. The van der Waals surface area contributed by atoms with Crippen LogP contribution >= 0.6 is 7.94 Å². The summed E-state index contributed by atoms with van der Waals surface area (Å²) in [5, 5.41) is 11.5. The normalized spacial score (nSPS) is 15.9. The number of rotatable bonds is 4. The van der Waals surface area contributed by atoms with Gasteiger partial charge in [0.1, 0.15) is 13.2 Å².